The fraction of sp³-hybridized carbons (Fsp3) is 0.214. The van der Waals surface area contributed by atoms with Crippen molar-refractivity contribution in [3.05, 3.63) is 106 Å². The number of aromatic nitrogens is 4. The minimum atomic E-state index is -0.442. The molecule has 0 saturated heterocycles. The Morgan fingerprint density at radius 1 is 1.09 bits per heavy atom. The topological polar surface area (TPSA) is 81.3 Å². The number of hydrogen-bond donors (Lipinski definition) is 1. The lowest BCUT2D eigenvalue weighted by molar-refractivity contribution is 0.0939. The third kappa shape index (κ3) is 3.60. The van der Waals surface area contributed by atoms with Gasteiger partial charge in [0.05, 0.1) is 17.1 Å². The number of carbonyl (C=O) groups excluding carboxylic acids is 1. The van der Waals surface area contributed by atoms with Crippen molar-refractivity contribution >= 4 is 22.3 Å². The minimum absolute atomic E-state index is 0.0545. The number of para-hydroxylation sites is 1. The van der Waals surface area contributed by atoms with E-state index in [1.54, 1.807) is 34.5 Å². The van der Waals surface area contributed by atoms with Crippen molar-refractivity contribution in [3.8, 4) is 5.69 Å². The summed E-state index contributed by atoms with van der Waals surface area (Å²) >= 11 is 0. The van der Waals surface area contributed by atoms with Gasteiger partial charge in [0.25, 0.3) is 11.5 Å². The Morgan fingerprint density at radius 2 is 1.89 bits per heavy atom. The average Bonchev–Trinajstić information content (AvgIpc) is 3.65. The molecule has 1 N–H and O–H groups in total. The Hall–Kier alpha value is -4.26. The molecule has 5 aromatic rings. The molecule has 1 fully saturated rings. The second-order valence-corrected chi connectivity index (χ2v) is 9.17. The van der Waals surface area contributed by atoms with Gasteiger partial charge in [-0.1, -0.05) is 36.4 Å². The summed E-state index contributed by atoms with van der Waals surface area (Å²) in [5.41, 5.74) is 4.09. The summed E-state index contributed by atoms with van der Waals surface area (Å²) in [5.74, 6) is 0.173. The number of carbonyl (C=O) groups is 1. The van der Waals surface area contributed by atoms with E-state index < -0.39 is 6.04 Å². The van der Waals surface area contributed by atoms with Gasteiger partial charge < -0.3 is 5.32 Å². The maximum absolute atomic E-state index is 14.0. The summed E-state index contributed by atoms with van der Waals surface area (Å²) in [5, 5.41) is 9.16. The maximum atomic E-state index is 14.0. The molecule has 0 bridgehead atoms. The third-order valence-electron chi connectivity index (χ3n) is 6.73. The lowest BCUT2D eigenvalue weighted by Crippen LogP contribution is -2.32. The van der Waals surface area contributed by atoms with Gasteiger partial charge in [-0.3, -0.25) is 14.2 Å². The fourth-order valence-corrected chi connectivity index (χ4v) is 4.91. The number of benzene rings is 2. The fourth-order valence-electron chi connectivity index (χ4n) is 4.91. The molecule has 1 saturated carbocycles. The van der Waals surface area contributed by atoms with Gasteiger partial charge in [-0.25, -0.2) is 9.50 Å². The van der Waals surface area contributed by atoms with Crippen LogP contribution in [0.2, 0.25) is 0 Å². The van der Waals surface area contributed by atoms with Crippen molar-refractivity contribution in [1.29, 1.82) is 0 Å². The number of fused-ring (bicyclic) bond motifs is 2. The molecule has 0 radical (unpaired) electrons. The van der Waals surface area contributed by atoms with E-state index in [4.69, 9.17) is 0 Å². The molecule has 3 heterocycles. The predicted molar refractivity (Wildman–Crippen MR) is 135 cm³/mol. The Labute approximate surface area is 202 Å². The van der Waals surface area contributed by atoms with E-state index in [0.717, 1.165) is 40.6 Å². The molecule has 1 aliphatic rings. The molecular weight excluding hydrogens is 438 g/mol. The molecule has 7 nitrogen and oxygen atoms in total. The van der Waals surface area contributed by atoms with Crippen LogP contribution >= 0.6 is 0 Å². The van der Waals surface area contributed by atoms with Gasteiger partial charge in [-0.05, 0) is 67.8 Å². The summed E-state index contributed by atoms with van der Waals surface area (Å²) in [4.78, 5) is 31.7. The Bertz CT molecular complexity index is 1650. The normalized spacial score (nSPS) is 14.3. The van der Waals surface area contributed by atoms with Crippen molar-refractivity contribution in [2.75, 3.05) is 0 Å². The largest absolute Gasteiger partial charge is 0.344 e. The third-order valence-corrected chi connectivity index (χ3v) is 6.73. The highest BCUT2D eigenvalue weighted by Gasteiger charge is 2.28. The summed E-state index contributed by atoms with van der Waals surface area (Å²) in [7, 11) is 0. The highest BCUT2D eigenvalue weighted by Crippen LogP contribution is 2.42. The van der Waals surface area contributed by atoms with Crippen molar-refractivity contribution in [3.63, 3.8) is 0 Å². The van der Waals surface area contributed by atoms with E-state index in [2.05, 4.69) is 21.5 Å². The quantitative estimate of drug-likeness (QED) is 0.409. The van der Waals surface area contributed by atoms with E-state index >= 15 is 0 Å². The van der Waals surface area contributed by atoms with E-state index in [-0.39, 0.29) is 11.5 Å². The standard InChI is InChI=1S/C28H25N5O2/c1-17(30-27(34)24-18(2)31-32-15-7-14-29-26(24)32)23-16-20-8-6-11-22(19-12-13-19)25(20)28(35)33(23)21-9-4-3-5-10-21/h3-11,14-17,19H,12-13H2,1-2H3,(H,30,34)/t17-/m0/s1. The molecule has 0 spiro atoms. The van der Waals surface area contributed by atoms with E-state index in [0.29, 0.717) is 22.8 Å². The Morgan fingerprint density at radius 3 is 2.66 bits per heavy atom. The first-order chi connectivity index (χ1) is 17.0. The first-order valence-corrected chi connectivity index (χ1v) is 11.9. The molecule has 3 aromatic heterocycles. The van der Waals surface area contributed by atoms with E-state index in [1.807, 2.05) is 55.5 Å². The molecule has 35 heavy (non-hydrogen) atoms. The average molecular weight is 464 g/mol. The number of nitrogens with one attached hydrogen (secondary N) is 1. The zero-order valence-corrected chi connectivity index (χ0v) is 19.6. The summed E-state index contributed by atoms with van der Waals surface area (Å²) in [6.07, 6.45) is 5.64. The van der Waals surface area contributed by atoms with Crippen LogP contribution in [0.3, 0.4) is 0 Å². The van der Waals surface area contributed by atoms with Crippen LogP contribution in [0.25, 0.3) is 22.1 Å². The minimum Gasteiger partial charge on any atom is -0.344 e. The zero-order chi connectivity index (χ0) is 24.1. The highest BCUT2D eigenvalue weighted by molar-refractivity contribution is 6.01. The monoisotopic (exact) mass is 463 g/mol. The van der Waals surface area contributed by atoms with Crippen molar-refractivity contribution in [1.82, 2.24) is 24.5 Å². The van der Waals surface area contributed by atoms with Gasteiger partial charge in [0.2, 0.25) is 0 Å². The number of aryl methyl sites for hydroxylation is 1. The van der Waals surface area contributed by atoms with Crippen LogP contribution in [-0.4, -0.2) is 25.1 Å². The Balaban J connectivity index is 1.48. The van der Waals surface area contributed by atoms with Crippen LogP contribution in [0.1, 0.15) is 59.0 Å². The molecule has 0 unspecified atom stereocenters. The molecule has 1 aliphatic carbocycles. The molecule has 0 aliphatic heterocycles. The summed E-state index contributed by atoms with van der Waals surface area (Å²) in [6, 6.07) is 19.0. The van der Waals surface area contributed by atoms with Crippen molar-refractivity contribution in [2.45, 2.75) is 38.6 Å². The van der Waals surface area contributed by atoms with Gasteiger partial charge in [0.1, 0.15) is 5.56 Å². The second-order valence-electron chi connectivity index (χ2n) is 9.17. The van der Waals surface area contributed by atoms with E-state index in [1.165, 1.54) is 0 Å². The summed E-state index contributed by atoms with van der Waals surface area (Å²) < 4.78 is 3.34. The van der Waals surface area contributed by atoms with Crippen molar-refractivity contribution in [2.24, 2.45) is 0 Å². The van der Waals surface area contributed by atoms with Crippen LogP contribution < -0.4 is 10.9 Å². The summed E-state index contributed by atoms with van der Waals surface area (Å²) in [6.45, 7) is 3.70. The molecular formula is C28H25N5O2. The van der Waals surface area contributed by atoms with Crippen LogP contribution in [0.15, 0.2) is 77.9 Å². The Kier molecular flexibility index (Phi) is 4.99. The van der Waals surface area contributed by atoms with Crippen LogP contribution in [0, 0.1) is 6.92 Å². The van der Waals surface area contributed by atoms with Gasteiger partial charge in [-0.15, -0.1) is 0 Å². The van der Waals surface area contributed by atoms with Gasteiger partial charge in [0.15, 0.2) is 5.65 Å². The number of amides is 1. The maximum Gasteiger partial charge on any atom is 0.263 e. The molecule has 7 heteroatoms. The zero-order valence-electron chi connectivity index (χ0n) is 19.6. The highest BCUT2D eigenvalue weighted by atomic mass is 16.2. The van der Waals surface area contributed by atoms with Crippen LogP contribution in [-0.2, 0) is 0 Å². The molecule has 6 rings (SSSR count). The first kappa shape index (κ1) is 21.3. The number of rotatable bonds is 5. The predicted octanol–water partition coefficient (Wildman–Crippen LogP) is 4.71. The smallest absolute Gasteiger partial charge is 0.263 e. The second kappa shape index (κ2) is 8.20. The van der Waals surface area contributed by atoms with Gasteiger partial charge >= 0.3 is 0 Å². The molecule has 1 amide bonds. The number of hydrogen-bond acceptors (Lipinski definition) is 4. The van der Waals surface area contributed by atoms with Crippen LogP contribution in [0.4, 0.5) is 0 Å². The lowest BCUT2D eigenvalue weighted by atomic mass is 10.00. The molecule has 1 atom stereocenters. The van der Waals surface area contributed by atoms with Crippen LogP contribution in [0.5, 0.6) is 0 Å². The van der Waals surface area contributed by atoms with Gasteiger partial charge in [-0.2, -0.15) is 5.10 Å². The van der Waals surface area contributed by atoms with Crippen molar-refractivity contribution < 1.29 is 4.79 Å². The first-order valence-electron chi connectivity index (χ1n) is 11.9. The van der Waals surface area contributed by atoms with E-state index in [9.17, 15) is 9.59 Å². The van der Waals surface area contributed by atoms with Gasteiger partial charge in [0, 0.05) is 23.8 Å². The SMILES string of the molecule is Cc1nn2cccnc2c1C(=O)N[C@@H](C)c1cc2cccc(C3CC3)c2c(=O)n1-c1ccccc1. The molecule has 2 aromatic carbocycles. The molecule has 174 valence electrons. The lowest BCUT2D eigenvalue weighted by Gasteiger charge is -2.21. The number of nitrogens with zero attached hydrogens (tertiary/aromatic N) is 4. The number of pyridine rings is 1.